The SMILES string of the molecule is Clc1ccccc1C1=C(c2ccccc2Cl)c2ccccc2-c2ccccc2/N=N\1. The largest absolute Gasteiger partial charge is 0.150 e. The van der Waals surface area contributed by atoms with Crippen molar-refractivity contribution in [3.8, 4) is 11.1 Å². The highest BCUT2D eigenvalue weighted by atomic mass is 35.5. The zero-order valence-electron chi connectivity index (χ0n) is 15.9. The number of azo groups is 1. The van der Waals surface area contributed by atoms with Gasteiger partial charge in [-0.2, -0.15) is 0 Å². The highest BCUT2D eigenvalue weighted by Crippen LogP contribution is 2.45. The van der Waals surface area contributed by atoms with Crippen LogP contribution in [0.25, 0.3) is 22.4 Å². The molecule has 0 saturated carbocycles. The predicted octanol–water partition coefficient (Wildman–Crippen LogP) is 8.67. The molecule has 4 aromatic rings. The third-order valence-corrected chi connectivity index (χ3v) is 5.82. The van der Waals surface area contributed by atoms with Gasteiger partial charge in [0.2, 0.25) is 0 Å². The number of hydrogen-bond acceptors (Lipinski definition) is 2. The van der Waals surface area contributed by atoms with Crippen molar-refractivity contribution in [3.63, 3.8) is 0 Å². The number of hydrogen-bond donors (Lipinski definition) is 0. The van der Waals surface area contributed by atoms with Crippen molar-refractivity contribution in [2.75, 3.05) is 0 Å². The van der Waals surface area contributed by atoms with E-state index in [4.69, 9.17) is 28.3 Å². The Balaban J connectivity index is 1.95. The summed E-state index contributed by atoms with van der Waals surface area (Å²) in [5.41, 5.74) is 7.25. The zero-order chi connectivity index (χ0) is 20.5. The van der Waals surface area contributed by atoms with Crippen molar-refractivity contribution in [1.82, 2.24) is 0 Å². The van der Waals surface area contributed by atoms with E-state index in [0.717, 1.165) is 39.1 Å². The Bertz CT molecular complexity index is 1320. The minimum absolute atomic E-state index is 0.613. The van der Waals surface area contributed by atoms with Gasteiger partial charge in [-0.25, -0.2) is 0 Å². The summed E-state index contributed by atoms with van der Waals surface area (Å²) in [6, 6.07) is 31.8. The molecule has 0 amide bonds. The van der Waals surface area contributed by atoms with Gasteiger partial charge in [-0.05, 0) is 29.3 Å². The molecule has 0 unspecified atom stereocenters. The predicted molar refractivity (Wildman–Crippen MR) is 125 cm³/mol. The molecule has 144 valence electrons. The molecule has 0 fully saturated rings. The van der Waals surface area contributed by atoms with Gasteiger partial charge < -0.3 is 0 Å². The van der Waals surface area contributed by atoms with Crippen LogP contribution in [-0.2, 0) is 0 Å². The number of benzene rings is 4. The third-order valence-electron chi connectivity index (χ3n) is 5.16. The minimum Gasteiger partial charge on any atom is -0.150 e. The Morgan fingerprint density at radius 3 is 1.60 bits per heavy atom. The van der Waals surface area contributed by atoms with Crippen LogP contribution in [0, 0.1) is 0 Å². The van der Waals surface area contributed by atoms with Crippen LogP contribution in [0.5, 0.6) is 0 Å². The molecule has 0 N–H and O–H groups in total. The zero-order valence-corrected chi connectivity index (χ0v) is 17.4. The fourth-order valence-electron chi connectivity index (χ4n) is 3.78. The topological polar surface area (TPSA) is 24.7 Å². The molecular weight excluding hydrogens is 411 g/mol. The summed E-state index contributed by atoms with van der Waals surface area (Å²) in [7, 11) is 0. The molecule has 0 aliphatic carbocycles. The lowest BCUT2D eigenvalue weighted by molar-refractivity contribution is 1.23. The molecule has 0 saturated heterocycles. The maximum absolute atomic E-state index is 6.67. The van der Waals surface area contributed by atoms with Gasteiger partial charge in [-0.1, -0.05) is 102 Å². The molecular formula is C26H16Cl2N2. The van der Waals surface area contributed by atoms with Gasteiger partial charge >= 0.3 is 0 Å². The van der Waals surface area contributed by atoms with Crippen LogP contribution < -0.4 is 0 Å². The summed E-state index contributed by atoms with van der Waals surface area (Å²) in [6.45, 7) is 0. The van der Waals surface area contributed by atoms with E-state index in [1.165, 1.54) is 0 Å². The van der Waals surface area contributed by atoms with Crippen molar-refractivity contribution >= 4 is 40.2 Å². The Morgan fingerprint density at radius 1 is 0.433 bits per heavy atom. The maximum atomic E-state index is 6.67. The van der Waals surface area contributed by atoms with E-state index < -0.39 is 0 Å². The molecule has 0 bridgehead atoms. The first kappa shape index (κ1) is 18.8. The summed E-state index contributed by atoms with van der Waals surface area (Å²) >= 11 is 13.3. The fourth-order valence-corrected chi connectivity index (χ4v) is 4.24. The normalized spacial score (nSPS) is 13.8. The quantitative estimate of drug-likeness (QED) is 0.306. The second kappa shape index (κ2) is 7.91. The Morgan fingerprint density at radius 2 is 0.933 bits per heavy atom. The van der Waals surface area contributed by atoms with Crippen molar-refractivity contribution in [3.05, 3.63) is 124 Å². The monoisotopic (exact) mass is 426 g/mol. The Labute approximate surface area is 185 Å². The lowest BCUT2D eigenvalue weighted by Gasteiger charge is -2.21. The van der Waals surface area contributed by atoms with Crippen LogP contribution in [0.4, 0.5) is 5.69 Å². The molecule has 2 nitrogen and oxygen atoms in total. The van der Waals surface area contributed by atoms with E-state index in [1.807, 2.05) is 78.9 Å². The standard InChI is InChI=1S/C26H16Cl2N2/c27-22-14-6-3-12-20(22)25-19-11-2-1-9-17(19)18-10-5-8-16-24(18)29-30-26(25)21-13-4-7-15-23(21)28/h1-16H/b18-17?,25-19?,26-25?,29-24?,30-26?,30-29-. The van der Waals surface area contributed by atoms with Crippen molar-refractivity contribution < 1.29 is 0 Å². The molecule has 1 heterocycles. The average molecular weight is 427 g/mol. The van der Waals surface area contributed by atoms with Crippen LogP contribution in [0.3, 0.4) is 0 Å². The molecule has 1 aliphatic rings. The highest BCUT2D eigenvalue weighted by Gasteiger charge is 2.23. The molecule has 0 radical (unpaired) electrons. The molecule has 30 heavy (non-hydrogen) atoms. The number of fused-ring (bicyclic) bond motifs is 3. The van der Waals surface area contributed by atoms with Crippen molar-refractivity contribution in [2.24, 2.45) is 10.2 Å². The Hall–Kier alpha value is -3.20. The molecule has 0 spiro atoms. The van der Waals surface area contributed by atoms with Crippen LogP contribution >= 0.6 is 23.2 Å². The molecule has 4 aromatic carbocycles. The average Bonchev–Trinajstić information content (AvgIpc) is 2.77. The van der Waals surface area contributed by atoms with Crippen LogP contribution in [0.15, 0.2) is 107 Å². The first-order valence-electron chi connectivity index (χ1n) is 9.58. The minimum atomic E-state index is 0.613. The van der Waals surface area contributed by atoms with Crippen LogP contribution in [-0.4, -0.2) is 0 Å². The number of rotatable bonds is 2. The third kappa shape index (κ3) is 3.24. The molecule has 4 heteroatoms. The van der Waals surface area contributed by atoms with Gasteiger partial charge in [0, 0.05) is 27.3 Å². The smallest absolute Gasteiger partial charge is 0.103 e. The van der Waals surface area contributed by atoms with Crippen LogP contribution in [0.2, 0.25) is 10.0 Å². The molecule has 0 aromatic heterocycles. The van der Waals surface area contributed by atoms with Gasteiger partial charge in [0.05, 0.1) is 10.7 Å². The lowest BCUT2D eigenvalue weighted by Crippen LogP contribution is -1.99. The second-order valence-electron chi connectivity index (χ2n) is 6.95. The van der Waals surface area contributed by atoms with Crippen molar-refractivity contribution in [2.45, 2.75) is 0 Å². The number of nitrogens with zero attached hydrogens (tertiary/aromatic N) is 2. The van der Waals surface area contributed by atoms with E-state index >= 15 is 0 Å². The van der Waals surface area contributed by atoms with E-state index in [9.17, 15) is 0 Å². The molecule has 0 atom stereocenters. The lowest BCUT2D eigenvalue weighted by atomic mass is 9.87. The van der Waals surface area contributed by atoms with Gasteiger partial charge in [0.25, 0.3) is 0 Å². The van der Waals surface area contributed by atoms with Gasteiger partial charge in [-0.15, -0.1) is 10.2 Å². The fraction of sp³-hybridized carbons (Fsp3) is 0. The van der Waals surface area contributed by atoms with E-state index in [2.05, 4.69) is 23.3 Å². The summed E-state index contributed by atoms with van der Waals surface area (Å²) in [5, 5.41) is 10.6. The van der Waals surface area contributed by atoms with E-state index in [0.29, 0.717) is 15.7 Å². The second-order valence-corrected chi connectivity index (χ2v) is 7.76. The first-order valence-corrected chi connectivity index (χ1v) is 10.3. The van der Waals surface area contributed by atoms with Gasteiger partial charge in [-0.3, -0.25) is 0 Å². The first-order chi connectivity index (χ1) is 14.7. The summed E-state index contributed by atoms with van der Waals surface area (Å²) in [5.74, 6) is 0. The van der Waals surface area contributed by atoms with Gasteiger partial charge in [0.15, 0.2) is 0 Å². The summed E-state index contributed by atoms with van der Waals surface area (Å²) in [4.78, 5) is 0. The van der Waals surface area contributed by atoms with Crippen molar-refractivity contribution in [1.29, 1.82) is 0 Å². The Kier molecular flexibility index (Phi) is 4.96. The summed E-state index contributed by atoms with van der Waals surface area (Å²) < 4.78 is 0. The van der Waals surface area contributed by atoms with Crippen LogP contribution in [0.1, 0.15) is 16.7 Å². The van der Waals surface area contributed by atoms with E-state index in [-0.39, 0.29) is 0 Å². The van der Waals surface area contributed by atoms with E-state index in [1.54, 1.807) is 0 Å². The highest BCUT2D eigenvalue weighted by molar-refractivity contribution is 6.34. The maximum Gasteiger partial charge on any atom is 0.103 e. The number of halogens is 2. The summed E-state index contributed by atoms with van der Waals surface area (Å²) in [6.07, 6.45) is 0. The molecule has 5 rings (SSSR count). The molecule has 1 aliphatic heterocycles. The van der Waals surface area contributed by atoms with Gasteiger partial charge in [0.1, 0.15) is 5.70 Å².